The number of nitrogens with two attached hydrogens (primary N) is 1. The monoisotopic (exact) mass is 263 g/mol. The Kier molecular flexibility index (Phi) is 5.85. The van der Waals surface area contributed by atoms with E-state index < -0.39 is 0 Å². The number of rotatable bonds is 6. The zero-order valence-corrected chi connectivity index (χ0v) is 11.4. The highest BCUT2D eigenvalue weighted by molar-refractivity contribution is 5.80. The number of nitrogen functional groups attached to an aromatic ring is 1. The Morgan fingerprint density at radius 2 is 1.79 bits per heavy atom. The van der Waals surface area contributed by atoms with Crippen LogP contribution in [0.1, 0.15) is 25.8 Å². The molecule has 0 fully saturated rings. The smallest absolute Gasteiger partial charge is 0.224 e. The van der Waals surface area contributed by atoms with E-state index in [1.165, 1.54) is 0 Å². The summed E-state index contributed by atoms with van der Waals surface area (Å²) < 4.78 is 0. The molecule has 0 aromatic heterocycles. The van der Waals surface area contributed by atoms with Gasteiger partial charge in [-0.1, -0.05) is 12.1 Å². The molecule has 19 heavy (non-hydrogen) atoms. The Labute approximate surface area is 113 Å². The van der Waals surface area contributed by atoms with Gasteiger partial charge in [0.1, 0.15) is 0 Å². The molecule has 1 rings (SSSR count). The van der Waals surface area contributed by atoms with Gasteiger partial charge in [0.25, 0.3) is 0 Å². The van der Waals surface area contributed by atoms with Gasteiger partial charge in [-0.25, -0.2) is 0 Å². The third kappa shape index (κ3) is 6.45. The number of anilines is 1. The summed E-state index contributed by atoms with van der Waals surface area (Å²) in [7, 11) is 0. The highest BCUT2D eigenvalue weighted by Crippen LogP contribution is 2.05. The summed E-state index contributed by atoms with van der Waals surface area (Å²) in [6, 6.07) is 7.29. The van der Waals surface area contributed by atoms with Crippen molar-refractivity contribution in [1.82, 2.24) is 10.6 Å². The molecule has 0 aliphatic carbocycles. The zero-order chi connectivity index (χ0) is 14.3. The third-order valence-corrected chi connectivity index (χ3v) is 2.47. The maximum atomic E-state index is 11.6. The van der Waals surface area contributed by atoms with E-state index in [9.17, 15) is 9.59 Å². The minimum absolute atomic E-state index is 0.0530. The van der Waals surface area contributed by atoms with Crippen LogP contribution < -0.4 is 16.4 Å². The molecule has 1 aromatic carbocycles. The Hall–Kier alpha value is -2.04. The summed E-state index contributed by atoms with van der Waals surface area (Å²) >= 11 is 0. The highest BCUT2D eigenvalue weighted by atomic mass is 16.2. The van der Waals surface area contributed by atoms with Crippen LogP contribution in [-0.4, -0.2) is 24.4 Å². The molecular formula is C14H21N3O2. The standard InChI is InChI=1S/C14H21N3O2/c1-10(2)17-13(18)7-8-16-14(19)9-11-3-5-12(15)6-4-11/h3-6,10H,7-9,15H2,1-2H3,(H,16,19)(H,17,18). The lowest BCUT2D eigenvalue weighted by atomic mass is 10.1. The molecule has 5 heteroatoms. The molecule has 0 saturated carbocycles. The summed E-state index contributed by atoms with van der Waals surface area (Å²) in [6.07, 6.45) is 0.595. The van der Waals surface area contributed by atoms with Gasteiger partial charge in [-0.2, -0.15) is 0 Å². The first-order valence-corrected chi connectivity index (χ1v) is 6.38. The summed E-state index contributed by atoms with van der Waals surface area (Å²) in [4.78, 5) is 23.0. The van der Waals surface area contributed by atoms with Crippen molar-refractivity contribution in [2.75, 3.05) is 12.3 Å². The van der Waals surface area contributed by atoms with Crippen molar-refractivity contribution in [3.8, 4) is 0 Å². The molecule has 1 aromatic rings. The third-order valence-electron chi connectivity index (χ3n) is 2.47. The van der Waals surface area contributed by atoms with E-state index >= 15 is 0 Å². The van der Waals surface area contributed by atoms with Crippen LogP contribution in [-0.2, 0) is 16.0 Å². The molecule has 0 aliphatic heterocycles. The van der Waals surface area contributed by atoms with Crippen molar-refractivity contribution in [3.05, 3.63) is 29.8 Å². The molecule has 0 spiro atoms. The molecule has 0 aliphatic rings. The number of nitrogens with one attached hydrogen (secondary N) is 2. The van der Waals surface area contributed by atoms with E-state index in [0.29, 0.717) is 25.1 Å². The van der Waals surface area contributed by atoms with Crippen molar-refractivity contribution in [2.45, 2.75) is 32.7 Å². The Balaban J connectivity index is 2.25. The summed E-state index contributed by atoms with van der Waals surface area (Å²) in [5.41, 5.74) is 7.14. The van der Waals surface area contributed by atoms with Gasteiger partial charge < -0.3 is 16.4 Å². The van der Waals surface area contributed by atoms with Crippen LogP contribution >= 0.6 is 0 Å². The van der Waals surface area contributed by atoms with E-state index in [1.807, 2.05) is 26.0 Å². The van der Waals surface area contributed by atoms with Gasteiger partial charge in [0.2, 0.25) is 11.8 Å². The average Bonchev–Trinajstić information content (AvgIpc) is 2.31. The van der Waals surface area contributed by atoms with Gasteiger partial charge in [-0.15, -0.1) is 0 Å². The minimum atomic E-state index is -0.0953. The summed E-state index contributed by atoms with van der Waals surface area (Å²) in [5, 5.41) is 5.49. The molecule has 0 unspecified atom stereocenters. The van der Waals surface area contributed by atoms with Gasteiger partial charge in [0.05, 0.1) is 6.42 Å². The van der Waals surface area contributed by atoms with Gasteiger partial charge in [-0.05, 0) is 31.5 Å². The van der Waals surface area contributed by atoms with Crippen LogP contribution in [0.2, 0.25) is 0 Å². The van der Waals surface area contributed by atoms with Gasteiger partial charge >= 0.3 is 0 Å². The maximum Gasteiger partial charge on any atom is 0.224 e. The second-order valence-corrected chi connectivity index (χ2v) is 4.74. The molecular weight excluding hydrogens is 242 g/mol. The first-order valence-electron chi connectivity index (χ1n) is 6.38. The molecule has 0 bridgehead atoms. The summed E-state index contributed by atoms with van der Waals surface area (Å²) in [6.45, 7) is 4.15. The van der Waals surface area contributed by atoms with Crippen LogP contribution in [0.5, 0.6) is 0 Å². The highest BCUT2D eigenvalue weighted by Gasteiger charge is 2.06. The second kappa shape index (κ2) is 7.41. The fourth-order valence-electron chi connectivity index (χ4n) is 1.59. The van der Waals surface area contributed by atoms with Crippen LogP contribution in [0, 0.1) is 0 Å². The molecule has 104 valence electrons. The van der Waals surface area contributed by atoms with Gasteiger partial charge in [-0.3, -0.25) is 9.59 Å². The van der Waals surface area contributed by atoms with E-state index in [0.717, 1.165) is 5.56 Å². The van der Waals surface area contributed by atoms with E-state index in [2.05, 4.69) is 10.6 Å². The van der Waals surface area contributed by atoms with Gasteiger partial charge in [0, 0.05) is 24.7 Å². The lowest BCUT2D eigenvalue weighted by molar-refractivity contribution is -0.122. The largest absolute Gasteiger partial charge is 0.399 e. The molecule has 5 nitrogen and oxygen atoms in total. The van der Waals surface area contributed by atoms with Crippen LogP contribution in [0.25, 0.3) is 0 Å². The second-order valence-electron chi connectivity index (χ2n) is 4.74. The normalized spacial score (nSPS) is 10.3. The average molecular weight is 263 g/mol. The van der Waals surface area contributed by atoms with E-state index in [4.69, 9.17) is 5.73 Å². The fourth-order valence-corrected chi connectivity index (χ4v) is 1.59. The number of benzene rings is 1. The minimum Gasteiger partial charge on any atom is -0.399 e. The lowest BCUT2D eigenvalue weighted by Crippen LogP contribution is -2.34. The fraction of sp³-hybridized carbons (Fsp3) is 0.429. The quantitative estimate of drug-likeness (QED) is 0.665. The molecule has 0 radical (unpaired) electrons. The predicted molar refractivity (Wildman–Crippen MR) is 75.5 cm³/mol. The van der Waals surface area contributed by atoms with Crippen LogP contribution in [0.15, 0.2) is 24.3 Å². The summed E-state index contributed by atoms with van der Waals surface area (Å²) in [5.74, 6) is -0.148. The van der Waals surface area contributed by atoms with Crippen molar-refractivity contribution in [1.29, 1.82) is 0 Å². The van der Waals surface area contributed by atoms with Crippen LogP contribution in [0.4, 0.5) is 5.69 Å². The lowest BCUT2D eigenvalue weighted by Gasteiger charge is -2.09. The van der Waals surface area contributed by atoms with Gasteiger partial charge in [0.15, 0.2) is 0 Å². The number of amides is 2. The SMILES string of the molecule is CC(C)NC(=O)CCNC(=O)Cc1ccc(N)cc1. The van der Waals surface area contributed by atoms with Crippen molar-refractivity contribution >= 4 is 17.5 Å². The molecule has 4 N–H and O–H groups in total. The Morgan fingerprint density at radius 1 is 1.16 bits per heavy atom. The molecule has 0 saturated heterocycles. The maximum absolute atomic E-state index is 11.6. The molecule has 0 atom stereocenters. The van der Waals surface area contributed by atoms with E-state index in [1.54, 1.807) is 12.1 Å². The zero-order valence-electron chi connectivity index (χ0n) is 11.4. The number of carbonyl (C=O) groups is 2. The van der Waals surface area contributed by atoms with Crippen molar-refractivity contribution in [3.63, 3.8) is 0 Å². The molecule has 2 amide bonds. The molecule has 0 heterocycles. The van der Waals surface area contributed by atoms with Crippen molar-refractivity contribution < 1.29 is 9.59 Å². The van der Waals surface area contributed by atoms with Crippen LogP contribution in [0.3, 0.4) is 0 Å². The number of carbonyl (C=O) groups excluding carboxylic acids is 2. The topological polar surface area (TPSA) is 84.2 Å². The van der Waals surface area contributed by atoms with E-state index in [-0.39, 0.29) is 17.9 Å². The Bertz CT molecular complexity index is 427. The Morgan fingerprint density at radius 3 is 2.37 bits per heavy atom. The first kappa shape index (κ1) is 15.0. The predicted octanol–water partition coefficient (Wildman–Crippen LogP) is 0.842. The first-order chi connectivity index (χ1) is 8.97. The number of hydrogen-bond donors (Lipinski definition) is 3. The van der Waals surface area contributed by atoms with Crippen molar-refractivity contribution in [2.24, 2.45) is 0 Å². The number of hydrogen-bond acceptors (Lipinski definition) is 3.